The summed E-state index contributed by atoms with van der Waals surface area (Å²) in [6.45, 7) is 3.51. The lowest BCUT2D eigenvalue weighted by atomic mass is 9.89. The number of carbonyl (C=O) groups is 1. The molecule has 1 fully saturated rings. The van der Waals surface area contributed by atoms with Crippen LogP contribution < -0.4 is 5.56 Å². The molecule has 1 aliphatic carbocycles. The Balaban J connectivity index is 1.39. The van der Waals surface area contributed by atoms with Gasteiger partial charge in [-0.3, -0.25) is 14.2 Å². The number of fused-ring (bicyclic) bond motifs is 3. The van der Waals surface area contributed by atoms with Gasteiger partial charge in [-0.2, -0.15) is 0 Å². The highest BCUT2D eigenvalue weighted by atomic mass is 32.1. The number of hydrogen-bond acceptors (Lipinski definition) is 5. The average Bonchev–Trinajstić information content (AvgIpc) is 3.35. The van der Waals surface area contributed by atoms with E-state index in [4.69, 9.17) is 4.42 Å². The van der Waals surface area contributed by atoms with Crippen LogP contribution in [-0.2, 0) is 12.8 Å². The highest BCUT2D eigenvalue weighted by Gasteiger charge is 2.28. The standard InChI is InChI=1S/C21H23N3O3S/c1-13-4-5-15-17(11-13)28-19-18(15)21(26)24(12-22-19)14-6-8-23(9-7-14)20(25)16-3-2-10-27-16/h2-3,10,12-14H,4-9,11H2,1H3/t13-/m1/s1. The van der Waals surface area contributed by atoms with Crippen molar-refractivity contribution < 1.29 is 9.21 Å². The molecule has 0 unspecified atom stereocenters. The number of aryl methyl sites for hydroxylation is 1. The summed E-state index contributed by atoms with van der Waals surface area (Å²) >= 11 is 1.69. The Hall–Kier alpha value is -2.41. The molecule has 3 aromatic rings. The van der Waals surface area contributed by atoms with Crippen molar-refractivity contribution in [1.82, 2.24) is 14.5 Å². The largest absolute Gasteiger partial charge is 0.459 e. The van der Waals surface area contributed by atoms with E-state index in [1.165, 1.54) is 16.7 Å². The lowest BCUT2D eigenvalue weighted by Gasteiger charge is -2.32. The molecule has 0 saturated carbocycles. The molecule has 3 aromatic heterocycles. The molecule has 5 rings (SSSR count). The minimum Gasteiger partial charge on any atom is -0.459 e. The van der Waals surface area contributed by atoms with Gasteiger partial charge in [0.1, 0.15) is 4.83 Å². The molecule has 0 aromatic carbocycles. The van der Waals surface area contributed by atoms with Crippen LogP contribution in [0.15, 0.2) is 33.9 Å². The molecule has 0 radical (unpaired) electrons. The maximum absolute atomic E-state index is 13.3. The molecule has 0 bridgehead atoms. The third-order valence-corrected chi connectivity index (χ3v) is 7.28. The molecule has 1 amide bonds. The number of aromatic nitrogens is 2. The molecule has 1 saturated heterocycles. The Morgan fingerprint density at radius 3 is 2.86 bits per heavy atom. The molecular weight excluding hydrogens is 374 g/mol. The van der Waals surface area contributed by atoms with E-state index in [1.807, 2.05) is 4.57 Å². The lowest BCUT2D eigenvalue weighted by molar-refractivity contribution is 0.0661. The van der Waals surface area contributed by atoms with Crippen LogP contribution in [0.1, 0.15) is 53.2 Å². The van der Waals surface area contributed by atoms with Gasteiger partial charge < -0.3 is 9.32 Å². The lowest BCUT2D eigenvalue weighted by Crippen LogP contribution is -2.40. The first-order valence-electron chi connectivity index (χ1n) is 9.96. The summed E-state index contributed by atoms with van der Waals surface area (Å²) in [5, 5.41) is 0.837. The highest BCUT2D eigenvalue weighted by Crippen LogP contribution is 2.36. The number of hydrogen-bond donors (Lipinski definition) is 0. The van der Waals surface area contributed by atoms with E-state index >= 15 is 0 Å². The molecule has 0 N–H and O–H groups in total. The van der Waals surface area contributed by atoms with Gasteiger partial charge in [-0.1, -0.05) is 6.92 Å². The van der Waals surface area contributed by atoms with Crippen LogP contribution in [0.2, 0.25) is 0 Å². The average molecular weight is 398 g/mol. The number of carbonyl (C=O) groups excluding carboxylic acids is 1. The molecule has 7 heteroatoms. The summed E-state index contributed by atoms with van der Waals surface area (Å²) in [6, 6.07) is 3.50. The van der Waals surface area contributed by atoms with Crippen molar-refractivity contribution in [2.24, 2.45) is 5.92 Å². The van der Waals surface area contributed by atoms with Gasteiger partial charge in [-0.15, -0.1) is 11.3 Å². The van der Waals surface area contributed by atoms with E-state index in [1.54, 1.807) is 34.7 Å². The second-order valence-electron chi connectivity index (χ2n) is 7.99. The first-order chi connectivity index (χ1) is 13.6. The minimum atomic E-state index is -0.0783. The second-order valence-corrected chi connectivity index (χ2v) is 9.07. The van der Waals surface area contributed by atoms with Crippen molar-refractivity contribution in [3.8, 4) is 0 Å². The van der Waals surface area contributed by atoms with Crippen LogP contribution in [-0.4, -0.2) is 33.4 Å². The van der Waals surface area contributed by atoms with E-state index in [0.717, 1.165) is 42.3 Å². The van der Waals surface area contributed by atoms with Crippen LogP contribution in [0, 0.1) is 5.92 Å². The summed E-state index contributed by atoms with van der Waals surface area (Å²) in [4.78, 5) is 34.4. The fourth-order valence-corrected chi connectivity index (χ4v) is 5.85. The van der Waals surface area contributed by atoms with Gasteiger partial charge in [-0.05, 0) is 55.7 Å². The van der Waals surface area contributed by atoms with Gasteiger partial charge in [0.05, 0.1) is 18.0 Å². The summed E-state index contributed by atoms with van der Waals surface area (Å²) < 4.78 is 7.03. The predicted molar refractivity (Wildman–Crippen MR) is 108 cm³/mol. The number of furan rings is 1. The summed E-state index contributed by atoms with van der Waals surface area (Å²) in [5.74, 6) is 0.974. The zero-order valence-corrected chi connectivity index (χ0v) is 16.7. The zero-order valence-electron chi connectivity index (χ0n) is 15.9. The van der Waals surface area contributed by atoms with Crippen molar-refractivity contribution in [1.29, 1.82) is 0 Å². The highest BCUT2D eigenvalue weighted by molar-refractivity contribution is 7.18. The third kappa shape index (κ3) is 2.89. The second kappa shape index (κ2) is 6.88. The first kappa shape index (κ1) is 17.7. The Kier molecular flexibility index (Phi) is 4.34. The molecule has 6 nitrogen and oxygen atoms in total. The number of amides is 1. The quantitative estimate of drug-likeness (QED) is 0.662. The fourth-order valence-electron chi connectivity index (χ4n) is 4.51. The van der Waals surface area contributed by atoms with Gasteiger partial charge in [-0.25, -0.2) is 4.98 Å². The zero-order chi connectivity index (χ0) is 19.3. The molecule has 0 spiro atoms. The van der Waals surface area contributed by atoms with Gasteiger partial charge in [0.25, 0.3) is 11.5 Å². The van der Waals surface area contributed by atoms with Gasteiger partial charge in [0.15, 0.2) is 5.76 Å². The topological polar surface area (TPSA) is 68.3 Å². The third-order valence-electron chi connectivity index (χ3n) is 6.12. The molecule has 28 heavy (non-hydrogen) atoms. The molecule has 146 valence electrons. The van der Waals surface area contributed by atoms with Gasteiger partial charge in [0.2, 0.25) is 0 Å². The van der Waals surface area contributed by atoms with E-state index < -0.39 is 0 Å². The molecule has 2 aliphatic rings. The van der Waals surface area contributed by atoms with Crippen LogP contribution in [0.3, 0.4) is 0 Å². The molecular formula is C21H23N3O3S. The maximum atomic E-state index is 13.3. The fraction of sp³-hybridized carbons (Fsp3) is 0.476. The normalized spacial score (nSPS) is 20.5. The van der Waals surface area contributed by atoms with Crippen LogP contribution in [0.4, 0.5) is 0 Å². The molecule has 1 aliphatic heterocycles. The first-order valence-corrected chi connectivity index (χ1v) is 10.8. The number of thiophene rings is 1. The Morgan fingerprint density at radius 1 is 1.29 bits per heavy atom. The summed E-state index contributed by atoms with van der Waals surface area (Å²) in [5.41, 5.74) is 1.32. The monoisotopic (exact) mass is 397 g/mol. The van der Waals surface area contributed by atoms with E-state index in [2.05, 4.69) is 11.9 Å². The van der Waals surface area contributed by atoms with Gasteiger partial charge >= 0.3 is 0 Å². The smallest absolute Gasteiger partial charge is 0.289 e. The van der Waals surface area contributed by atoms with Crippen LogP contribution >= 0.6 is 11.3 Å². The van der Waals surface area contributed by atoms with E-state index in [9.17, 15) is 9.59 Å². The molecule has 4 heterocycles. The van der Waals surface area contributed by atoms with Crippen LogP contribution in [0.25, 0.3) is 10.2 Å². The van der Waals surface area contributed by atoms with Crippen molar-refractivity contribution in [2.75, 3.05) is 13.1 Å². The summed E-state index contributed by atoms with van der Waals surface area (Å²) in [6.07, 6.45) is 7.91. The number of nitrogens with zero attached hydrogens (tertiary/aromatic N) is 3. The van der Waals surface area contributed by atoms with Crippen LogP contribution in [0.5, 0.6) is 0 Å². The Labute approximate surface area is 166 Å². The van der Waals surface area contributed by atoms with E-state index in [0.29, 0.717) is 24.8 Å². The molecule has 1 atom stereocenters. The minimum absolute atomic E-state index is 0.0783. The van der Waals surface area contributed by atoms with Crippen molar-refractivity contribution in [3.63, 3.8) is 0 Å². The number of rotatable bonds is 2. The van der Waals surface area contributed by atoms with Gasteiger partial charge in [0, 0.05) is 24.0 Å². The van der Waals surface area contributed by atoms with E-state index in [-0.39, 0.29) is 17.5 Å². The van der Waals surface area contributed by atoms with Crippen molar-refractivity contribution in [3.05, 3.63) is 51.3 Å². The predicted octanol–water partition coefficient (Wildman–Crippen LogP) is 3.65. The number of likely N-dealkylation sites (tertiary alicyclic amines) is 1. The Bertz CT molecular complexity index is 1070. The maximum Gasteiger partial charge on any atom is 0.289 e. The van der Waals surface area contributed by atoms with Crippen molar-refractivity contribution >= 4 is 27.5 Å². The number of piperidine rings is 1. The summed E-state index contributed by atoms with van der Waals surface area (Å²) in [7, 11) is 0. The Morgan fingerprint density at radius 2 is 2.11 bits per heavy atom. The SMILES string of the molecule is C[C@@H]1CCc2c(sc3ncn(C4CCN(C(=O)c5ccco5)CC4)c(=O)c23)C1. The van der Waals surface area contributed by atoms with Crippen molar-refractivity contribution in [2.45, 2.75) is 45.1 Å².